The van der Waals surface area contributed by atoms with E-state index in [-0.39, 0.29) is 44.3 Å². The van der Waals surface area contributed by atoms with Crippen LogP contribution in [0.3, 0.4) is 0 Å². The van der Waals surface area contributed by atoms with Crippen LogP contribution >= 0.6 is 0 Å². The molecule has 6 rings (SSSR count). The summed E-state index contributed by atoms with van der Waals surface area (Å²) in [6, 6.07) is 18.6. The molecule has 2 amide bonds. The van der Waals surface area contributed by atoms with Crippen LogP contribution in [0.15, 0.2) is 95.8 Å². The lowest BCUT2D eigenvalue weighted by Crippen LogP contribution is -2.42. The van der Waals surface area contributed by atoms with E-state index < -0.39 is 11.7 Å². The van der Waals surface area contributed by atoms with Gasteiger partial charge in [0.05, 0.1) is 17.8 Å². The number of carbonyl (C=O) groups excluding carboxylic acids is 2. The molecule has 1 aliphatic heterocycles. The molecule has 0 spiro atoms. The monoisotopic (exact) mass is 596 g/mol. The van der Waals surface area contributed by atoms with Crippen molar-refractivity contribution in [3.63, 3.8) is 0 Å². The van der Waals surface area contributed by atoms with Crippen molar-refractivity contribution in [3.05, 3.63) is 114 Å². The van der Waals surface area contributed by atoms with Gasteiger partial charge in [-0.3, -0.25) is 19.6 Å². The second kappa shape index (κ2) is 12.2. The highest BCUT2D eigenvalue weighted by molar-refractivity contribution is 5.97. The number of halogens is 3. The lowest BCUT2D eigenvalue weighted by atomic mass is 9.98. The van der Waals surface area contributed by atoms with Gasteiger partial charge >= 0.3 is 0 Å². The molecule has 7 nitrogen and oxygen atoms in total. The SMILES string of the molecule is O=C(C=Cc1cccnc1)NCc1cc2cc(-c3ccc(C(=O)N4CCC(F)(F)CC4)cn3)cc(-c3cccc(F)c3)c2o1. The van der Waals surface area contributed by atoms with E-state index in [2.05, 4.69) is 15.3 Å². The zero-order valence-electron chi connectivity index (χ0n) is 23.5. The summed E-state index contributed by atoms with van der Waals surface area (Å²) in [5.74, 6) is -3.30. The summed E-state index contributed by atoms with van der Waals surface area (Å²) >= 11 is 0. The van der Waals surface area contributed by atoms with Crippen LogP contribution in [0, 0.1) is 5.82 Å². The predicted octanol–water partition coefficient (Wildman–Crippen LogP) is 6.90. The molecule has 44 heavy (non-hydrogen) atoms. The average Bonchev–Trinajstić information content (AvgIpc) is 3.46. The number of aromatic nitrogens is 2. The van der Waals surface area contributed by atoms with Crippen molar-refractivity contribution in [2.75, 3.05) is 13.1 Å². The Hall–Kier alpha value is -5.25. The van der Waals surface area contributed by atoms with Crippen molar-refractivity contribution in [3.8, 4) is 22.4 Å². The number of benzene rings is 2. The molecule has 222 valence electrons. The molecular weight excluding hydrogens is 569 g/mol. The number of furan rings is 1. The molecule has 2 aromatic carbocycles. The van der Waals surface area contributed by atoms with Gasteiger partial charge in [0, 0.05) is 67.1 Å². The molecule has 1 aliphatic rings. The number of carbonyl (C=O) groups is 2. The highest BCUT2D eigenvalue weighted by atomic mass is 19.3. The molecule has 3 aromatic heterocycles. The second-order valence-electron chi connectivity index (χ2n) is 10.6. The summed E-state index contributed by atoms with van der Waals surface area (Å²) in [6.45, 7) is 0.108. The molecule has 0 saturated carbocycles. The first-order chi connectivity index (χ1) is 21.2. The molecule has 5 aromatic rings. The van der Waals surface area contributed by atoms with Crippen molar-refractivity contribution in [1.82, 2.24) is 20.2 Å². The first kappa shape index (κ1) is 28.9. The number of nitrogens with zero attached hydrogens (tertiary/aromatic N) is 3. The van der Waals surface area contributed by atoms with Gasteiger partial charge < -0.3 is 14.6 Å². The van der Waals surface area contributed by atoms with Crippen molar-refractivity contribution in [2.45, 2.75) is 25.3 Å². The van der Waals surface area contributed by atoms with Crippen LogP contribution in [-0.2, 0) is 11.3 Å². The number of alkyl halides is 2. The van der Waals surface area contributed by atoms with Crippen LogP contribution in [-0.4, -0.2) is 45.7 Å². The Balaban J connectivity index is 1.26. The number of amides is 2. The standard InChI is InChI=1S/C34H27F3N4O3/c35-27-5-1-4-23(16-27)29-18-25(30-8-7-24(20-39-30)33(43)41-13-10-34(36,37)11-14-41)15-26-17-28(44-32(26)29)21-40-31(42)9-6-22-3-2-12-38-19-22/h1-9,12,15-20H,10-11,13-14,21H2,(H,40,42). The Kier molecular flexibility index (Phi) is 7.97. The summed E-state index contributed by atoms with van der Waals surface area (Å²) in [4.78, 5) is 35.2. The number of nitrogens with one attached hydrogen (secondary N) is 1. The van der Waals surface area contributed by atoms with Gasteiger partial charge in [-0.25, -0.2) is 13.2 Å². The molecule has 0 aliphatic carbocycles. The molecule has 1 fully saturated rings. The van der Waals surface area contributed by atoms with Crippen molar-refractivity contribution < 1.29 is 27.2 Å². The van der Waals surface area contributed by atoms with Gasteiger partial charge in [0.1, 0.15) is 17.2 Å². The van der Waals surface area contributed by atoms with E-state index in [1.54, 1.807) is 54.9 Å². The van der Waals surface area contributed by atoms with Crippen molar-refractivity contribution in [1.29, 1.82) is 0 Å². The van der Waals surface area contributed by atoms with Gasteiger partial charge in [0.2, 0.25) is 5.91 Å². The minimum absolute atomic E-state index is 0.00861. The van der Waals surface area contributed by atoms with Crippen LogP contribution in [0.2, 0.25) is 0 Å². The number of hydrogen-bond donors (Lipinski definition) is 1. The molecule has 0 radical (unpaired) electrons. The maximum absolute atomic E-state index is 14.2. The highest BCUT2D eigenvalue weighted by Gasteiger charge is 2.35. The minimum atomic E-state index is -2.74. The first-order valence-electron chi connectivity index (χ1n) is 14.1. The van der Waals surface area contributed by atoms with Crippen LogP contribution < -0.4 is 5.32 Å². The van der Waals surface area contributed by atoms with E-state index in [1.165, 1.54) is 29.3 Å². The number of likely N-dealkylation sites (tertiary alicyclic amines) is 1. The van der Waals surface area contributed by atoms with E-state index in [1.807, 2.05) is 18.2 Å². The number of rotatable bonds is 7. The Labute approximate surface area is 251 Å². The number of fused-ring (bicyclic) bond motifs is 1. The maximum atomic E-state index is 14.2. The minimum Gasteiger partial charge on any atom is -0.459 e. The number of pyridine rings is 2. The lowest BCUT2D eigenvalue weighted by Gasteiger charge is -2.31. The second-order valence-corrected chi connectivity index (χ2v) is 10.6. The summed E-state index contributed by atoms with van der Waals surface area (Å²) in [5.41, 5.74) is 4.09. The quantitative estimate of drug-likeness (QED) is 0.207. The van der Waals surface area contributed by atoms with Crippen LogP contribution in [0.4, 0.5) is 13.2 Å². The van der Waals surface area contributed by atoms with Crippen LogP contribution in [0.1, 0.15) is 34.5 Å². The molecule has 0 bridgehead atoms. The third kappa shape index (κ3) is 6.54. The van der Waals surface area contributed by atoms with Crippen LogP contribution in [0.5, 0.6) is 0 Å². The fraction of sp³-hybridized carbons (Fsp3) is 0.176. The number of hydrogen-bond acceptors (Lipinski definition) is 5. The molecule has 1 saturated heterocycles. The topological polar surface area (TPSA) is 88.3 Å². The maximum Gasteiger partial charge on any atom is 0.255 e. The van der Waals surface area contributed by atoms with E-state index >= 15 is 0 Å². The zero-order chi connectivity index (χ0) is 30.7. The number of piperidine rings is 1. The Morgan fingerprint density at radius 3 is 2.55 bits per heavy atom. The van der Waals surface area contributed by atoms with E-state index in [0.29, 0.717) is 44.7 Å². The Morgan fingerprint density at radius 1 is 0.977 bits per heavy atom. The first-order valence-corrected chi connectivity index (χ1v) is 14.1. The average molecular weight is 597 g/mol. The summed E-state index contributed by atoms with van der Waals surface area (Å²) < 4.78 is 47.4. The van der Waals surface area contributed by atoms with E-state index in [9.17, 15) is 22.8 Å². The normalized spacial score (nSPS) is 14.7. The lowest BCUT2D eigenvalue weighted by molar-refractivity contribution is -0.116. The molecule has 0 unspecified atom stereocenters. The fourth-order valence-corrected chi connectivity index (χ4v) is 5.10. The van der Waals surface area contributed by atoms with Gasteiger partial charge in [-0.1, -0.05) is 18.2 Å². The third-order valence-electron chi connectivity index (χ3n) is 7.44. The van der Waals surface area contributed by atoms with Gasteiger partial charge in [-0.2, -0.15) is 0 Å². The van der Waals surface area contributed by atoms with Gasteiger partial charge in [0.15, 0.2) is 0 Å². The highest BCUT2D eigenvalue weighted by Crippen LogP contribution is 2.36. The smallest absolute Gasteiger partial charge is 0.255 e. The van der Waals surface area contributed by atoms with Crippen LogP contribution in [0.25, 0.3) is 39.4 Å². The van der Waals surface area contributed by atoms with Gasteiger partial charge in [-0.15, -0.1) is 0 Å². The Bertz CT molecular complexity index is 1840. The van der Waals surface area contributed by atoms with E-state index in [0.717, 1.165) is 5.56 Å². The molecule has 1 N–H and O–H groups in total. The fourth-order valence-electron chi connectivity index (χ4n) is 5.10. The van der Waals surface area contributed by atoms with Gasteiger partial charge in [0.25, 0.3) is 11.8 Å². The molecule has 4 heterocycles. The van der Waals surface area contributed by atoms with Crippen molar-refractivity contribution >= 4 is 28.9 Å². The molecule has 0 atom stereocenters. The molecule has 10 heteroatoms. The summed E-state index contributed by atoms with van der Waals surface area (Å²) in [5, 5.41) is 3.52. The zero-order valence-corrected chi connectivity index (χ0v) is 23.5. The summed E-state index contributed by atoms with van der Waals surface area (Å²) in [7, 11) is 0. The third-order valence-corrected chi connectivity index (χ3v) is 7.44. The largest absolute Gasteiger partial charge is 0.459 e. The predicted molar refractivity (Wildman–Crippen MR) is 160 cm³/mol. The molecular formula is C34H27F3N4O3. The Morgan fingerprint density at radius 2 is 1.82 bits per heavy atom. The van der Waals surface area contributed by atoms with Gasteiger partial charge in [-0.05, 0) is 65.7 Å². The van der Waals surface area contributed by atoms with E-state index in [4.69, 9.17) is 4.42 Å². The summed E-state index contributed by atoms with van der Waals surface area (Å²) in [6.07, 6.45) is 7.09. The van der Waals surface area contributed by atoms with Crippen molar-refractivity contribution in [2.24, 2.45) is 0 Å².